The van der Waals surface area contributed by atoms with Gasteiger partial charge in [-0.3, -0.25) is 0 Å². The molecular formula is C10H10ClNO3. The number of aliphatic hydroxyl groups excluding tert-OH is 1. The number of fused-ring (bicyclic) bond motifs is 1. The molecule has 1 aromatic rings. The van der Waals surface area contributed by atoms with Gasteiger partial charge in [-0.15, -0.1) is 0 Å². The first-order valence-corrected chi connectivity index (χ1v) is 5.08. The molecule has 2 N–H and O–H groups in total. The summed E-state index contributed by atoms with van der Waals surface area (Å²) in [7, 11) is 0. The fraction of sp³-hybridized carbons (Fsp3) is 0.400. The Kier molecular flexibility index (Phi) is 2.63. The lowest BCUT2D eigenvalue weighted by Crippen LogP contribution is -2.13. The zero-order valence-corrected chi connectivity index (χ0v) is 8.66. The van der Waals surface area contributed by atoms with Crippen LogP contribution in [0.3, 0.4) is 0 Å². The summed E-state index contributed by atoms with van der Waals surface area (Å²) in [6, 6.07) is 1.43. The van der Waals surface area contributed by atoms with Crippen molar-refractivity contribution in [1.29, 1.82) is 0 Å². The molecule has 15 heavy (non-hydrogen) atoms. The second kappa shape index (κ2) is 3.79. The molecule has 0 aromatic carbocycles. The fourth-order valence-electron chi connectivity index (χ4n) is 1.80. The van der Waals surface area contributed by atoms with Gasteiger partial charge < -0.3 is 10.2 Å². The fourth-order valence-corrected chi connectivity index (χ4v) is 2.04. The van der Waals surface area contributed by atoms with Crippen molar-refractivity contribution in [3.63, 3.8) is 0 Å². The van der Waals surface area contributed by atoms with Crippen molar-refractivity contribution in [3.05, 3.63) is 28.0 Å². The summed E-state index contributed by atoms with van der Waals surface area (Å²) >= 11 is 5.73. The van der Waals surface area contributed by atoms with Crippen LogP contribution in [0.15, 0.2) is 6.07 Å². The van der Waals surface area contributed by atoms with E-state index in [1.165, 1.54) is 6.07 Å². The summed E-state index contributed by atoms with van der Waals surface area (Å²) in [4.78, 5) is 14.8. The van der Waals surface area contributed by atoms with Gasteiger partial charge in [0.2, 0.25) is 0 Å². The van der Waals surface area contributed by atoms with Crippen LogP contribution in [-0.2, 0) is 6.42 Å². The van der Waals surface area contributed by atoms with Gasteiger partial charge in [-0.1, -0.05) is 11.6 Å². The third-order valence-electron chi connectivity index (χ3n) is 2.57. The molecule has 0 unspecified atom stereocenters. The molecule has 0 aliphatic heterocycles. The number of aryl methyl sites for hydroxylation is 1. The highest BCUT2D eigenvalue weighted by atomic mass is 35.5. The number of pyridine rings is 1. The van der Waals surface area contributed by atoms with Crippen LogP contribution in [0.25, 0.3) is 0 Å². The molecule has 4 nitrogen and oxygen atoms in total. The number of hydrogen-bond donors (Lipinski definition) is 2. The van der Waals surface area contributed by atoms with Gasteiger partial charge in [0.15, 0.2) is 0 Å². The van der Waals surface area contributed by atoms with Crippen LogP contribution >= 0.6 is 11.6 Å². The van der Waals surface area contributed by atoms with E-state index in [9.17, 15) is 9.90 Å². The summed E-state index contributed by atoms with van der Waals surface area (Å²) in [5, 5.41) is 18.5. The first-order chi connectivity index (χ1) is 7.09. The molecule has 1 aliphatic carbocycles. The monoisotopic (exact) mass is 227 g/mol. The summed E-state index contributed by atoms with van der Waals surface area (Å²) in [5.41, 5.74) is 1.27. The Morgan fingerprint density at radius 3 is 3.00 bits per heavy atom. The molecule has 1 aliphatic rings. The standard InChI is InChI=1S/C10H10ClNO3/c11-9-6(10(14)15)4-5-7(12-9)2-1-3-8(5)13/h4,8,13H,1-3H2,(H,14,15)/t8-/m0/s1. The molecular weight excluding hydrogens is 218 g/mol. The number of carbonyl (C=O) groups is 1. The zero-order chi connectivity index (χ0) is 11.0. The third-order valence-corrected chi connectivity index (χ3v) is 2.86. The van der Waals surface area contributed by atoms with Gasteiger partial charge in [-0.05, 0) is 25.3 Å². The highest BCUT2D eigenvalue weighted by Gasteiger charge is 2.23. The first-order valence-electron chi connectivity index (χ1n) is 4.70. The van der Waals surface area contributed by atoms with Crippen LogP contribution in [0.5, 0.6) is 0 Å². The lowest BCUT2D eigenvalue weighted by atomic mass is 9.92. The lowest BCUT2D eigenvalue weighted by Gasteiger charge is -2.20. The van der Waals surface area contributed by atoms with Crippen molar-refractivity contribution in [2.45, 2.75) is 25.4 Å². The molecule has 0 saturated carbocycles. The second-order valence-electron chi connectivity index (χ2n) is 3.58. The van der Waals surface area contributed by atoms with Crippen molar-refractivity contribution in [2.24, 2.45) is 0 Å². The molecule has 1 aromatic heterocycles. The maximum Gasteiger partial charge on any atom is 0.338 e. The first kappa shape index (κ1) is 10.4. The molecule has 80 valence electrons. The van der Waals surface area contributed by atoms with Gasteiger partial charge in [0.1, 0.15) is 5.15 Å². The van der Waals surface area contributed by atoms with Gasteiger partial charge in [0.25, 0.3) is 0 Å². The van der Waals surface area contributed by atoms with E-state index in [-0.39, 0.29) is 10.7 Å². The van der Waals surface area contributed by atoms with E-state index < -0.39 is 12.1 Å². The van der Waals surface area contributed by atoms with Gasteiger partial charge in [0, 0.05) is 11.3 Å². The smallest absolute Gasteiger partial charge is 0.338 e. The maximum absolute atomic E-state index is 10.8. The number of halogens is 1. The topological polar surface area (TPSA) is 70.4 Å². The number of aromatic nitrogens is 1. The Morgan fingerprint density at radius 1 is 1.60 bits per heavy atom. The molecule has 0 saturated heterocycles. The van der Waals surface area contributed by atoms with Crippen LogP contribution in [0.2, 0.25) is 5.15 Å². The molecule has 1 atom stereocenters. The van der Waals surface area contributed by atoms with Crippen LogP contribution in [-0.4, -0.2) is 21.2 Å². The van der Waals surface area contributed by atoms with Gasteiger partial charge >= 0.3 is 5.97 Å². The molecule has 0 spiro atoms. The summed E-state index contributed by atoms with van der Waals surface area (Å²) < 4.78 is 0. The average Bonchev–Trinajstić information content (AvgIpc) is 2.16. The van der Waals surface area contributed by atoms with E-state index in [1.807, 2.05) is 0 Å². The molecule has 0 fully saturated rings. The van der Waals surface area contributed by atoms with E-state index in [1.54, 1.807) is 0 Å². The van der Waals surface area contributed by atoms with Crippen LogP contribution in [0.1, 0.15) is 40.6 Å². The quantitative estimate of drug-likeness (QED) is 0.718. The Balaban J connectivity index is 2.55. The van der Waals surface area contributed by atoms with Gasteiger partial charge in [-0.2, -0.15) is 0 Å². The number of carboxylic acid groups (broad SMARTS) is 1. The lowest BCUT2D eigenvalue weighted by molar-refractivity contribution is 0.0696. The SMILES string of the molecule is O=C(O)c1cc2c(nc1Cl)CCC[C@@H]2O. The molecule has 0 radical (unpaired) electrons. The second-order valence-corrected chi connectivity index (χ2v) is 3.93. The minimum Gasteiger partial charge on any atom is -0.478 e. The summed E-state index contributed by atoms with van der Waals surface area (Å²) in [5.74, 6) is -1.12. The highest BCUT2D eigenvalue weighted by Crippen LogP contribution is 2.31. The van der Waals surface area contributed by atoms with Crippen LogP contribution in [0, 0.1) is 0 Å². The third kappa shape index (κ3) is 1.82. The predicted molar refractivity (Wildman–Crippen MR) is 54.1 cm³/mol. The van der Waals surface area contributed by atoms with Gasteiger partial charge in [0.05, 0.1) is 11.7 Å². The Bertz CT molecular complexity index is 419. The van der Waals surface area contributed by atoms with E-state index in [0.717, 1.165) is 12.8 Å². The summed E-state index contributed by atoms with van der Waals surface area (Å²) in [6.45, 7) is 0. The van der Waals surface area contributed by atoms with Crippen molar-refractivity contribution in [2.75, 3.05) is 0 Å². The number of aromatic carboxylic acids is 1. The van der Waals surface area contributed by atoms with E-state index in [0.29, 0.717) is 17.7 Å². The normalized spacial score (nSPS) is 19.7. The van der Waals surface area contributed by atoms with Crippen molar-refractivity contribution < 1.29 is 15.0 Å². The molecule has 2 rings (SSSR count). The molecule has 1 heterocycles. The zero-order valence-electron chi connectivity index (χ0n) is 7.90. The van der Waals surface area contributed by atoms with Crippen molar-refractivity contribution in [1.82, 2.24) is 4.98 Å². The molecule has 0 bridgehead atoms. The van der Waals surface area contributed by atoms with E-state index in [4.69, 9.17) is 16.7 Å². The van der Waals surface area contributed by atoms with Crippen LogP contribution < -0.4 is 0 Å². The Labute approximate surface area is 91.5 Å². The predicted octanol–water partition coefficient (Wildman–Crippen LogP) is 1.80. The molecule has 0 amide bonds. The number of nitrogens with zero attached hydrogens (tertiary/aromatic N) is 1. The van der Waals surface area contributed by atoms with Gasteiger partial charge in [-0.25, -0.2) is 9.78 Å². The summed E-state index contributed by atoms with van der Waals surface area (Å²) in [6.07, 6.45) is 1.63. The van der Waals surface area contributed by atoms with E-state index >= 15 is 0 Å². The minimum absolute atomic E-state index is 0.00431. The van der Waals surface area contributed by atoms with Crippen molar-refractivity contribution >= 4 is 17.6 Å². The number of carboxylic acids is 1. The van der Waals surface area contributed by atoms with Crippen molar-refractivity contribution in [3.8, 4) is 0 Å². The number of rotatable bonds is 1. The number of hydrogen-bond acceptors (Lipinski definition) is 3. The minimum atomic E-state index is -1.12. The molecule has 5 heteroatoms. The largest absolute Gasteiger partial charge is 0.478 e. The van der Waals surface area contributed by atoms with E-state index in [2.05, 4.69) is 4.98 Å². The Morgan fingerprint density at radius 2 is 2.33 bits per heavy atom. The highest BCUT2D eigenvalue weighted by molar-refractivity contribution is 6.32. The maximum atomic E-state index is 10.8. The number of aliphatic hydroxyl groups is 1. The average molecular weight is 228 g/mol. The Hall–Kier alpha value is -1.13. The van der Waals surface area contributed by atoms with Crippen LogP contribution in [0.4, 0.5) is 0 Å².